The van der Waals surface area contributed by atoms with Gasteiger partial charge in [0.1, 0.15) is 0 Å². The van der Waals surface area contributed by atoms with Crippen LogP contribution < -0.4 is 5.73 Å². The van der Waals surface area contributed by atoms with Crippen molar-refractivity contribution in [3.8, 4) is 0 Å². The van der Waals surface area contributed by atoms with Crippen LogP contribution in [0, 0.1) is 52.3 Å². The zero-order valence-corrected chi connectivity index (χ0v) is 20.5. The third-order valence-electron chi connectivity index (χ3n) is 10.3. The van der Waals surface area contributed by atoms with Gasteiger partial charge >= 0.3 is 0 Å². The molecule has 3 saturated carbocycles. The van der Waals surface area contributed by atoms with E-state index in [1.807, 2.05) is 0 Å². The van der Waals surface area contributed by atoms with Gasteiger partial charge in [-0.3, -0.25) is 4.79 Å². The molecule has 1 amide bonds. The van der Waals surface area contributed by atoms with Gasteiger partial charge < -0.3 is 10.8 Å². The van der Waals surface area contributed by atoms with E-state index in [1.54, 1.807) is 0 Å². The van der Waals surface area contributed by atoms with Crippen molar-refractivity contribution in [3.63, 3.8) is 0 Å². The predicted octanol–water partition coefficient (Wildman–Crippen LogP) is 6.18. The van der Waals surface area contributed by atoms with Gasteiger partial charge in [-0.15, -0.1) is 0 Å². The first-order valence-corrected chi connectivity index (χ1v) is 13.0. The number of carbonyl (C=O) groups is 1. The maximum Gasteiger partial charge on any atom is 0.217 e. The fourth-order valence-corrected chi connectivity index (χ4v) is 8.84. The highest BCUT2D eigenvalue weighted by molar-refractivity contribution is 5.74. The summed E-state index contributed by atoms with van der Waals surface area (Å²) >= 11 is 0. The molecule has 0 saturated heterocycles. The summed E-state index contributed by atoms with van der Waals surface area (Å²) in [5.74, 6) is 4.96. The van der Waals surface area contributed by atoms with Gasteiger partial charge in [0, 0.05) is 13.0 Å². The van der Waals surface area contributed by atoms with Gasteiger partial charge in [-0.05, 0) is 97.2 Å². The highest BCUT2D eigenvalue weighted by atomic mass is 16.3. The lowest BCUT2D eigenvalue weighted by atomic mass is 9.45. The molecule has 0 radical (unpaired) electrons. The van der Waals surface area contributed by atoms with Crippen molar-refractivity contribution in [2.75, 3.05) is 6.61 Å². The highest BCUT2D eigenvalue weighted by Gasteiger charge is 2.60. The van der Waals surface area contributed by atoms with Crippen molar-refractivity contribution in [3.05, 3.63) is 0 Å². The highest BCUT2D eigenvalue weighted by Crippen LogP contribution is 2.67. The molecule has 0 bridgehead atoms. The van der Waals surface area contributed by atoms with E-state index in [9.17, 15) is 9.90 Å². The molecule has 30 heavy (non-hydrogen) atoms. The number of aliphatic hydroxyl groups is 1. The number of amides is 1. The minimum Gasteiger partial charge on any atom is -0.396 e. The standard InChI is InChI=1S/C27H49NO2/c1-18(2)7-6-8-19(3)22-11-12-23-21-10-9-20(14-16-29)27(5,17-25(28)30)24(21)13-15-26(22,23)4/h18-24,29H,6-17H2,1-5H3,(H2,28,30)/t19-,20+,21?,22-,23?,24?,26-,27+/m1/s1. The number of nitrogens with two attached hydrogens (primary N) is 1. The van der Waals surface area contributed by atoms with Gasteiger partial charge in [-0.2, -0.15) is 0 Å². The van der Waals surface area contributed by atoms with Crippen LogP contribution in [-0.4, -0.2) is 17.6 Å². The maximum absolute atomic E-state index is 12.0. The van der Waals surface area contributed by atoms with Crippen LogP contribution in [0.3, 0.4) is 0 Å². The minimum absolute atomic E-state index is 0.0280. The summed E-state index contributed by atoms with van der Waals surface area (Å²) < 4.78 is 0. The molecular formula is C27H49NO2. The number of primary amides is 1. The van der Waals surface area contributed by atoms with E-state index < -0.39 is 0 Å². The lowest BCUT2D eigenvalue weighted by Crippen LogP contribution is -2.53. The molecule has 3 aliphatic carbocycles. The molecule has 3 fully saturated rings. The number of fused-ring (bicyclic) bond motifs is 3. The molecule has 174 valence electrons. The van der Waals surface area contributed by atoms with Crippen LogP contribution in [-0.2, 0) is 4.79 Å². The summed E-state index contributed by atoms with van der Waals surface area (Å²) in [4.78, 5) is 12.0. The van der Waals surface area contributed by atoms with E-state index in [4.69, 9.17) is 5.73 Å². The summed E-state index contributed by atoms with van der Waals surface area (Å²) in [5.41, 5.74) is 6.20. The third kappa shape index (κ3) is 4.48. The first-order chi connectivity index (χ1) is 14.1. The second-order valence-corrected chi connectivity index (χ2v) is 12.3. The Morgan fingerprint density at radius 2 is 1.77 bits per heavy atom. The molecule has 0 aromatic heterocycles. The lowest BCUT2D eigenvalue weighted by molar-refractivity contribution is -0.133. The van der Waals surface area contributed by atoms with E-state index in [0.29, 0.717) is 23.7 Å². The second-order valence-electron chi connectivity index (χ2n) is 12.3. The normalized spacial score (nSPS) is 42.0. The average Bonchev–Trinajstić information content (AvgIpc) is 3.00. The molecular weight excluding hydrogens is 370 g/mol. The van der Waals surface area contributed by atoms with Crippen molar-refractivity contribution in [1.29, 1.82) is 0 Å². The Morgan fingerprint density at radius 1 is 1.03 bits per heavy atom. The van der Waals surface area contributed by atoms with E-state index in [2.05, 4.69) is 34.6 Å². The number of aliphatic hydroxyl groups excluding tert-OH is 1. The Hall–Kier alpha value is -0.570. The summed E-state index contributed by atoms with van der Waals surface area (Å²) in [7, 11) is 0. The van der Waals surface area contributed by atoms with Crippen LogP contribution in [0.1, 0.15) is 105 Å². The van der Waals surface area contributed by atoms with Crippen LogP contribution in [0.4, 0.5) is 0 Å². The van der Waals surface area contributed by atoms with Crippen molar-refractivity contribution >= 4 is 5.91 Å². The van der Waals surface area contributed by atoms with Gasteiger partial charge in [0.05, 0.1) is 0 Å². The van der Waals surface area contributed by atoms with E-state index in [0.717, 1.165) is 42.4 Å². The van der Waals surface area contributed by atoms with E-state index >= 15 is 0 Å². The van der Waals surface area contributed by atoms with Crippen molar-refractivity contribution in [2.24, 2.45) is 58.0 Å². The number of rotatable bonds is 9. The Bertz CT molecular complexity index is 589. The zero-order chi connectivity index (χ0) is 22.1. The molecule has 3 nitrogen and oxygen atoms in total. The van der Waals surface area contributed by atoms with Crippen molar-refractivity contribution in [1.82, 2.24) is 0 Å². The SMILES string of the molecule is CC(C)CCC[C@@H](C)[C@H]1CCC2C3CC[C@@H](CCO)[C@](C)(CC(N)=O)C3CC[C@@]21C. The molecule has 8 atom stereocenters. The fraction of sp³-hybridized carbons (Fsp3) is 0.963. The number of hydrogen-bond acceptors (Lipinski definition) is 2. The summed E-state index contributed by atoms with van der Waals surface area (Å²) in [5, 5.41) is 9.66. The largest absolute Gasteiger partial charge is 0.396 e. The van der Waals surface area contributed by atoms with E-state index in [-0.39, 0.29) is 17.9 Å². The van der Waals surface area contributed by atoms with Gasteiger partial charge in [0.15, 0.2) is 0 Å². The molecule has 0 aromatic carbocycles. The van der Waals surface area contributed by atoms with Crippen LogP contribution in [0.15, 0.2) is 0 Å². The molecule has 0 aromatic rings. The van der Waals surface area contributed by atoms with Crippen LogP contribution >= 0.6 is 0 Å². The third-order valence-corrected chi connectivity index (χ3v) is 10.3. The second kappa shape index (κ2) is 9.51. The molecule has 3 unspecified atom stereocenters. The zero-order valence-electron chi connectivity index (χ0n) is 20.5. The van der Waals surface area contributed by atoms with Gasteiger partial charge in [-0.25, -0.2) is 0 Å². The van der Waals surface area contributed by atoms with Gasteiger partial charge in [-0.1, -0.05) is 53.9 Å². The first-order valence-electron chi connectivity index (χ1n) is 13.0. The number of carbonyl (C=O) groups excluding carboxylic acids is 1. The monoisotopic (exact) mass is 419 g/mol. The predicted molar refractivity (Wildman–Crippen MR) is 125 cm³/mol. The molecule has 0 spiro atoms. The Balaban J connectivity index is 1.76. The smallest absolute Gasteiger partial charge is 0.217 e. The topological polar surface area (TPSA) is 63.3 Å². The lowest BCUT2D eigenvalue weighted by Gasteiger charge is -2.59. The first kappa shape index (κ1) is 24.1. The molecule has 3 rings (SSSR count). The molecule has 3 aliphatic rings. The van der Waals surface area contributed by atoms with Crippen LogP contribution in [0.5, 0.6) is 0 Å². The molecule has 0 heterocycles. The maximum atomic E-state index is 12.0. The summed E-state index contributed by atoms with van der Waals surface area (Å²) in [6.07, 6.45) is 13.2. The van der Waals surface area contributed by atoms with Crippen molar-refractivity contribution in [2.45, 2.75) is 105 Å². The summed E-state index contributed by atoms with van der Waals surface area (Å²) in [6, 6.07) is 0. The van der Waals surface area contributed by atoms with Gasteiger partial charge in [0.25, 0.3) is 0 Å². The van der Waals surface area contributed by atoms with Crippen LogP contribution in [0.2, 0.25) is 0 Å². The molecule has 3 N–H and O–H groups in total. The minimum atomic E-state index is -0.155. The average molecular weight is 420 g/mol. The molecule has 3 heteroatoms. The Labute approximate surface area is 186 Å². The van der Waals surface area contributed by atoms with E-state index in [1.165, 1.54) is 51.4 Å². The summed E-state index contributed by atoms with van der Waals surface area (Å²) in [6.45, 7) is 12.4. The number of hydrogen-bond donors (Lipinski definition) is 2. The van der Waals surface area contributed by atoms with Crippen LogP contribution in [0.25, 0.3) is 0 Å². The Kier molecular flexibility index (Phi) is 7.63. The Morgan fingerprint density at radius 3 is 2.40 bits per heavy atom. The van der Waals surface area contributed by atoms with Crippen molar-refractivity contribution < 1.29 is 9.90 Å². The fourth-order valence-electron chi connectivity index (χ4n) is 8.84. The molecule has 0 aliphatic heterocycles. The quantitative estimate of drug-likeness (QED) is 0.468. The van der Waals surface area contributed by atoms with Gasteiger partial charge in [0.2, 0.25) is 5.91 Å².